The molecule has 0 N–H and O–H groups in total. The van der Waals surface area contributed by atoms with Crippen LogP contribution in [0.5, 0.6) is 0 Å². The monoisotopic (exact) mass is 840 g/mol. The van der Waals surface area contributed by atoms with Gasteiger partial charge in [-0.3, -0.25) is 14.5 Å². The maximum absolute atomic E-state index is 14.1. The molecular formula is C43H73N7O6Si2. The molecule has 58 heavy (non-hydrogen) atoms. The van der Waals surface area contributed by atoms with Gasteiger partial charge in [-0.1, -0.05) is 52.1 Å². The van der Waals surface area contributed by atoms with E-state index in [0.29, 0.717) is 69.2 Å². The fourth-order valence-electron chi connectivity index (χ4n) is 8.90. The molecule has 15 heteroatoms. The van der Waals surface area contributed by atoms with Crippen molar-refractivity contribution in [1.29, 1.82) is 0 Å². The number of nitrogens with zero attached hydrogens (tertiary/aromatic N) is 7. The van der Waals surface area contributed by atoms with Gasteiger partial charge in [0.25, 0.3) is 11.8 Å². The number of hydrogen-bond acceptors (Lipinski definition) is 8. The lowest BCUT2D eigenvalue weighted by molar-refractivity contribution is 0.0203. The number of carbonyl (C=O) groups excluding carboxylic acids is 3. The summed E-state index contributed by atoms with van der Waals surface area (Å²) >= 11 is 0. The molecular weight excluding hydrogens is 767 g/mol. The van der Waals surface area contributed by atoms with Crippen LogP contribution in [0.4, 0.5) is 4.79 Å². The minimum Gasteiger partial charge on any atom is -0.444 e. The summed E-state index contributed by atoms with van der Waals surface area (Å²) in [7, 11) is -2.47. The summed E-state index contributed by atoms with van der Waals surface area (Å²) in [4.78, 5) is 56.9. The standard InChI is InChI=1S/C43H73N7O6Si2/c1-42(2,3)56-41(53)50-20-12-15-36(50)38-45-35(30-49(38)32-55-26-28-58(7,8)9)40(52)47-23-18-43(19-24-47)16-21-46(22-17-43)39(51)34-29-48(31-54-25-27-57(4,5)6)37(44-34)33-13-10-11-14-33/h29-30,33,36H,10-28,31-32H2,1-9H3/t36-/m0/s1. The fraction of sp³-hybridized carbons (Fsp3) is 0.791. The molecule has 0 aromatic carbocycles. The predicted octanol–water partition coefficient (Wildman–Crippen LogP) is 8.59. The molecule has 3 saturated heterocycles. The first kappa shape index (κ1) is 44.5. The molecule has 2 aromatic rings. The summed E-state index contributed by atoms with van der Waals surface area (Å²) in [6.07, 6.45) is 13.3. The van der Waals surface area contributed by atoms with E-state index in [2.05, 4.69) is 43.8 Å². The van der Waals surface area contributed by atoms with Crippen molar-refractivity contribution in [1.82, 2.24) is 33.8 Å². The number of carbonyl (C=O) groups is 3. The first-order valence-corrected chi connectivity index (χ1v) is 29.6. The maximum Gasteiger partial charge on any atom is 0.410 e. The Labute approximate surface area is 349 Å². The summed E-state index contributed by atoms with van der Waals surface area (Å²) in [5, 5.41) is 0. The third-order valence-corrected chi connectivity index (χ3v) is 16.0. The van der Waals surface area contributed by atoms with E-state index in [1.807, 2.05) is 47.5 Å². The van der Waals surface area contributed by atoms with Crippen LogP contribution >= 0.6 is 0 Å². The zero-order valence-electron chi connectivity index (χ0n) is 37.2. The van der Waals surface area contributed by atoms with Crippen LogP contribution in [0.3, 0.4) is 0 Å². The third-order valence-electron chi connectivity index (χ3n) is 12.6. The van der Waals surface area contributed by atoms with Crippen LogP contribution in [0.2, 0.25) is 51.4 Å². The van der Waals surface area contributed by atoms with Crippen molar-refractivity contribution in [3.05, 3.63) is 35.4 Å². The topological polar surface area (TPSA) is 124 Å². The number of hydrogen-bond donors (Lipinski definition) is 0. The molecule has 1 atom stereocenters. The average Bonchev–Trinajstić information content (AvgIpc) is 3.97. The molecule has 3 amide bonds. The van der Waals surface area contributed by atoms with Gasteiger partial charge in [-0.25, -0.2) is 14.8 Å². The largest absolute Gasteiger partial charge is 0.444 e. The second kappa shape index (κ2) is 18.3. The molecule has 4 aliphatic rings. The highest BCUT2D eigenvalue weighted by atomic mass is 28.3. The highest BCUT2D eigenvalue weighted by molar-refractivity contribution is 6.76. The van der Waals surface area contributed by atoms with E-state index in [1.54, 1.807) is 4.90 Å². The zero-order valence-corrected chi connectivity index (χ0v) is 39.2. The van der Waals surface area contributed by atoms with Crippen LogP contribution in [0.1, 0.15) is 130 Å². The molecule has 2 aromatic heterocycles. The van der Waals surface area contributed by atoms with Crippen LogP contribution in [0, 0.1) is 5.41 Å². The first-order valence-electron chi connectivity index (χ1n) is 22.2. The molecule has 13 nitrogen and oxygen atoms in total. The van der Waals surface area contributed by atoms with Gasteiger partial charge >= 0.3 is 6.09 Å². The Balaban J connectivity index is 1.07. The van der Waals surface area contributed by atoms with Crippen molar-refractivity contribution < 1.29 is 28.6 Å². The van der Waals surface area contributed by atoms with Gasteiger partial charge in [-0.15, -0.1) is 0 Å². The second-order valence-electron chi connectivity index (χ2n) is 21.0. The highest BCUT2D eigenvalue weighted by Crippen LogP contribution is 2.42. The van der Waals surface area contributed by atoms with Crippen LogP contribution < -0.4 is 0 Å². The normalized spacial score (nSPS) is 20.7. The van der Waals surface area contributed by atoms with Gasteiger partial charge in [0.15, 0.2) is 0 Å². The number of rotatable bonds is 14. The lowest BCUT2D eigenvalue weighted by atomic mass is 9.71. The summed E-state index contributed by atoms with van der Waals surface area (Å²) in [6.45, 7) is 25.1. The quantitative estimate of drug-likeness (QED) is 0.137. The van der Waals surface area contributed by atoms with Crippen molar-refractivity contribution in [2.24, 2.45) is 5.41 Å². The molecule has 1 saturated carbocycles. The van der Waals surface area contributed by atoms with E-state index < -0.39 is 21.7 Å². The van der Waals surface area contributed by atoms with Crippen LogP contribution in [-0.4, -0.2) is 119 Å². The van der Waals surface area contributed by atoms with E-state index in [0.717, 1.165) is 75.9 Å². The number of amides is 3. The van der Waals surface area contributed by atoms with E-state index in [-0.39, 0.29) is 36.1 Å². The van der Waals surface area contributed by atoms with E-state index in [1.165, 1.54) is 12.8 Å². The second-order valence-corrected chi connectivity index (χ2v) is 32.2. The van der Waals surface area contributed by atoms with Gasteiger partial charge in [0.05, 0.1) is 6.04 Å². The van der Waals surface area contributed by atoms with E-state index >= 15 is 0 Å². The number of aromatic nitrogens is 4. The number of ether oxygens (including phenoxy) is 3. The predicted molar refractivity (Wildman–Crippen MR) is 231 cm³/mol. The number of likely N-dealkylation sites (tertiary alicyclic amines) is 3. The summed E-state index contributed by atoms with van der Waals surface area (Å²) in [6, 6.07) is 1.87. The van der Waals surface area contributed by atoms with Crippen LogP contribution in [0.15, 0.2) is 12.4 Å². The molecule has 6 rings (SSSR count). The Kier molecular flexibility index (Phi) is 14.1. The Morgan fingerprint density at radius 3 is 1.62 bits per heavy atom. The van der Waals surface area contributed by atoms with Gasteiger partial charge in [-0.05, 0) is 89.6 Å². The van der Waals surface area contributed by atoms with Gasteiger partial charge in [-0.2, -0.15) is 0 Å². The third kappa shape index (κ3) is 11.6. The first-order chi connectivity index (χ1) is 27.3. The average molecular weight is 840 g/mol. The molecule has 1 aliphatic carbocycles. The minimum atomic E-state index is -1.28. The van der Waals surface area contributed by atoms with Crippen molar-refractivity contribution >= 4 is 34.1 Å². The molecule has 3 aliphatic heterocycles. The maximum atomic E-state index is 14.1. The number of piperidine rings is 2. The van der Waals surface area contributed by atoms with Gasteiger partial charge in [0.1, 0.15) is 42.1 Å². The smallest absolute Gasteiger partial charge is 0.410 e. The van der Waals surface area contributed by atoms with Crippen molar-refractivity contribution in [3.8, 4) is 0 Å². The Hall–Kier alpha value is -3.02. The minimum absolute atomic E-state index is 0.0194. The number of imidazole rings is 2. The molecule has 0 bridgehead atoms. The molecule has 0 unspecified atom stereocenters. The van der Waals surface area contributed by atoms with Crippen LogP contribution in [0.25, 0.3) is 0 Å². The van der Waals surface area contributed by atoms with Gasteiger partial charge in [0.2, 0.25) is 0 Å². The molecule has 0 radical (unpaired) electrons. The van der Waals surface area contributed by atoms with E-state index in [9.17, 15) is 14.4 Å². The SMILES string of the molecule is CC(C)(C)OC(=O)N1CCC[C@H]1c1nc(C(=O)N2CCC3(CCN(C(=O)c4cn(COCC[Si](C)(C)C)c(C5CCCC5)n4)CC3)CC2)cn1COCC[Si](C)(C)C. The molecule has 5 heterocycles. The summed E-state index contributed by atoms with van der Waals surface area (Å²) in [5.41, 5.74) is 0.440. The Morgan fingerprint density at radius 2 is 1.16 bits per heavy atom. The van der Waals surface area contributed by atoms with Gasteiger partial charge < -0.3 is 33.1 Å². The van der Waals surface area contributed by atoms with Gasteiger partial charge in [0, 0.05) is 80.4 Å². The van der Waals surface area contributed by atoms with Crippen LogP contribution in [-0.2, 0) is 27.7 Å². The molecule has 4 fully saturated rings. The lowest BCUT2D eigenvalue weighted by Gasteiger charge is -2.46. The molecule has 1 spiro atoms. The summed E-state index contributed by atoms with van der Waals surface area (Å²) in [5.74, 6) is 2.02. The Morgan fingerprint density at radius 1 is 0.690 bits per heavy atom. The zero-order chi connectivity index (χ0) is 41.9. The Bertz CT molecular complexity index is 1720. The fourth-order valence-corrected chi connectivity index (χ4v) is 10.4. The van der Waals surface area contributed by atoms with Crippen molar-refractivity contribution in [2.75, 3.05) is 45.9 Å². The summed E-state index contributed by atoms with van der Waals surface area (Å²) < 4.78 is 22.1. The van der Waals surface area contributed by atoms with Crippen molar-refractivity contribution in [2.45, 2.75) is 167 Å². The molecule has 324 valence electrons. The highest BCUT2D eigenvalue weighted by Gasteiger charge is 2.42. The lowest BCUT2D eigenvalue weighted by Crippen LogP contribution is -2.49. The van der Waals surface area contributed by atoms with Crippen molar-refractivity contribution in [3.63, 3.8) is 0 Å². The van der Waals surface area contributed by atoms with E-state index in [4.69, 9.17) is 24.2 Å².